The van der Waals surface area contributed by atoms with Crippen molar-refractivity contribution >= 4 is 20.0 Å². The lowest BCUT2D eigenvalue weighted by atomic mass is 10.2. The average molecular weight is 261 g/mol. The number of hydrogen-bond donors (Lipinski definition) is 0. The Kier molecular flexibility index (Phi) is 6.30. The third-order valence-electron chi connectivity index (χ3n) is 2.18. The van der Waals surface area contributed by atoms with E-state index in [1.54, 1.807) is 0 Å². The van der Waals surface area contributed by atoms with Crippen molar-refractivity contribution in [2.45, 2.75) is 26.4 Å². The first-order chi connectivity index (χ1) is 7.69. The van der Waals surface area contributed by atoms with Crippen molar-refractivity contribution in [3.63, 3.8) is 0 Å². The Morgan fingerprint density at radius 3 is 2.06 bits per heavy atom. The van der Waals surface area contributed by atoms with E-state index in [0.29, 0.717) is 13.2 Å². The Hall–Kier alpha value is -0.140. The molecule has 0 aliphatic heterocycles. The summed E-state index contributed by atoms with van der Waals surface area (Å²) in [4.78, 5) is 0. The number of benzene rings is 1. The molecule has 0 bridgehead atoms. The summed E-state index contributed by atoms with van der Waals surface area (Å²) in [5.74, 6) is 0. The molecule has 0 N–H and O–H groups in total. The van der Waals surface area contributed by atoms with Crippen molar-refractivity contribution in [3.05, 3.63) is 34.9 Å². The van der Waals surface area contributed by atoms with E-state index in [-0.39, 0.29) is 5.66 Å². The minimum Gasteiger partial charge on any atom is -0.334 e. The fourth-order valence-corrected chi connectivity index (χ4v) is 2.95. The van der Waals surface area contributed by atoms with Crippen molar-refractivity contribution in [3.8, 4) is 0 Å². The Balaban J connectivity index is 2.72. The highest BCUT2D eigenvalue weighted by Gasteiger charge is 2.20. The van der Waals surface area contributed by atoms with Gasteiger partial charge in [-0.1, -0.05) is 23.7 Å². The summed E-state index contributed by atoms with van der Waals surface area (Å²) in [6.07, 6.45) is 0. The van der Waals surface area contributed by atoms with Crippen LogP contribution in [0.4, 0.5) is 0 Å². The molecule has 4 heteroatoms. The molecule has 16 heavy (non-hydrogen) atoms. The SMILES string of the molecule is CCOP(OCC)C(C)c1ccc(Cl)cc1. The summed E-state index contributed by atoms with van der Waals surface area (Å²) in [6.45, 7) is 7.47. The van der Waals surface area contributed by atoms with Gasteiger partial charge in [-0.2, -0.15) is 0 Å². The molecule has 90 valence electrons. The van der Waals surface area contributed by atoms with E-state index in [9.17, 15) is 0 Å². The summed E-state index contributed by atoms with van der Waals surface area (Å²) in [5.41, 5.74) is 1.48. The highest BCUT2D eigenvalue weighted by molar-refractivity contribution is 7.47. The Labute approximate surface area is 104 Å². The standard InChI is InChI=1S/C12H18ClO2P/c1-4-14-16(15-5-2)10(3)11-6-8-12(13)9-7-11/h6-10H,4-5H2,1-3H3. The second kappa shape index (κ2) is 7.24. The first-order valence-corrected chi connectivity index (χ1v) is 7.12. The molecule has 0 amide bonds. The van der Waals surface area contributed by atoms with Gasteiger partial charge in [0.2, 0.25) is 0 Å². The summed E-state index contributed by atoms with van der Waals surface area (Å²) < 4.78 is 11.3. The zero-order chi connectivity index (χ0) is 12.0. The fraction of sp³-hybridized carbons (Fsp3) is 0.500. The van der Waals surface area contributed by atoms with Gasteiger partial charge in [0.05, 0.1) is 18.9 Å². The van der Waals surface area contributed by atoms with Crippen LogP contribution in [0.2, 0.25) is 5.02 Å². The zero-order valence-corrected chi connectivity index (χ0v) is 11.6. The van der Waals surface area contributed by atoms with Gasteiger partial charge in [-0.15, -0.1) is 0 Å². The normalized spacial score (nSPS) is 13.1. The molecule has 0 aromatic heterocycles. The van der Waals surface area contributed by atoms with Crippen molar-refractivity contribution in [2.24, 2.45) is 0 Å². The van der Waals surface area contributed by atoms with Crippen molar-refractivity contribution in [1.29, 1.82) is 0 Å². The monoisotopic (exact) mass is 260 g/mol. The lowest BCUT2D eigenvalue weighted by Gasteiger charge is -2.22. The second-order valence-electron chi connectivity index (χ2n) is 3.35. The van der Waals surface area contributed by atoms with E-state index in [1.807, 2.05) is 38.1 Å². The molecule has 0 aliphatic carbocycles. The molecule has 0 heterocycles. The second-order valence-corrected chi connectivity index (χ2v) is 5.65. The maximum atomic E-state index is 5.86. The first-order valence-electron chi connectivity index (χ1n) is 5.49. The third-order valence-corrected chi connectivity index (χ3v) is 4.39. The van der Waals surface area contributed by atoms with Gasteiger partial charge in [0, 0.05) is 5.02 Å². The van der Waals surface area contributed by atoms with Gasteiger partial charge in [0.1, 0.15) is 0 Å². The van der Waals surface area contributed by atoms with Crippen LogP contribution in [0.1, 0.15) is 32.0 Å². The summed E-state index contributed by atoms with van der Waals surface area (Å²) in [6, 6.07) is 7.86. The molecule has 0 saturated carbocycles. The molecular weight excluding hydrogens is 243 g/mol. The molecule has 0 spiro atoms. The molecular formula is C12H18ClO2P. The van der Waals surface area contributed by atoms with Crippen LogP contribution >= 0.6 is 20.0 Å². The van der Waals surface area contributed by atoms with Gasteiger partial charge in [-0.25, -0.2) is 0 Å². The largest absolute Gasteiger partial charge is 0.334 e. The van der Waals surface area contributed by atoms with Crippen LogP contribution in [0.3, 0.4) is 0 Å². The van der Waals surface area contributed by atoms with Crippen LogP contribution in [0.15, 0.2) is 24.3 Å². The van der Waals surface area contributed by atoms with Gasteiger partial charge in [0.25, 0.3) is 0 Å². The minimum absolute atomic E-state index is 0.271. The van der Waals surface area contributed by atoms with E-state index in [0.717, 1.165) is 5.02 Å². The topological polar surface area (TPSA) is 18.5 Å². The van der Waals surface area contributed by atoms with Gasteiger partial charge < -0.3 is 9.05 Å². The molecule has 0 fully saturated rings. The van der Waals surface area contributed by atoms with Gasteiger partial charge in [0.15, 0.2) is 8.38 Å². The smallest absolute Gasteiger partial charge is 0.178 e. The highest BCUT2D eigenvalue weighted by atomic mass is 35.5. The van der Waals surface area contributed by atoms with E-state index in [4.69, 9.17) is 20.6 Å². The molecule has 0 radical (unpaired) electrons. The predicted molar refractivity (Wildman–Crippen MR) is 70.0 cm³/mol. The van der Waals surface area contributed by atoms with Gasteiger partial charge >= 0.3 is 0 Å². The molecule has 1 unspecified atom stereocenters. The van der Waals surface area contributed by atoms with E-state index in [2.05, 4.69) is 6.92 Å². The lowest BCUT2D eigenvalue weighted by molar-refractivity contribution is 0.263. The Morgan fingerprint density at radius 1 is 1.12 bits per heavy atom. The van der Waals surface area contributed by atoms with Crippen molar-refractivity contribution in [1.82, 2.24) is 0 Å². The quantitative estimate of drug-likeness (QED) is 0.685. The molecule has 0 saturated heterocycles. The molecule has 1 atom stereocenters. The van der Waals surface area contributed by atoms with Crippen LogP contribution < -0.4 is 0 Å². The molecule has 2 nitrogen and oxygen atoms in total. The summed E-state index contributed by atoms with van der Waals surface area (Å²) in [7, 11) is -0.851. The fourth-order valence-electron chi connectivity index (χ4n) is 1.38. The van der Waals surface area contributed by atoms with Crippen LogP contribution in [-0.2, 0) is 9.05 Å². The summed E-state index contributed by atoms with van der Waals surface area (Å²) >= 11 is 5.86. The average Bonchev–Trinajstić information content (AvgIpc) is 2.29. The summed E-state index contributed by atoms with van der Waals surface area (Å²) in [5, 5.41) is 0.757. The zero-order valence-electron chi connectivity index (χ0n) is 9.94. The number of rotatable bonds is 6. The lowest BCUT2D eigenvalue weighted by Crippen LogP contribution is -1.99. The van der Waals surface area contributed by atoms with Crippen molar-refractivity contribution in [2.75, 3.05) is 13.2 Å². The molecule has 1 rings (SSSR count). The van der Waals surface area contributed by atoms with Crippen LogP contribution in [-0.4, -0.2) is 13.2 Å². The van der Waals surface area contributed by atoms with E-state index < -0.39 is 8.38 Å². The number of hydrogen-bond acceptors (Lipinski definition) is 2. The molecule has 0 aliphatic rings. The van der Waals surface area contributed by atoms with Crippen molar-refractivity contribution < 1.29 is 9.05 Å². The molecule has 1 aromatic carbocycles. The maximum absolute atomic E-state index is 5.86. The Morgan fingerprint density at radius 2 is 1.62 bits per heavy atom. The third kappa shape index (κ3) is 4.03. The van der Waals surface area contributed by atoms with Gasteiger partial charge in [-0.3, -0.25) is 0 Å². The van der Waals surface area contributed by atoms with Crippen LogP contribution in [0.5, 0.6) is 0 Å². The number of halogens is 1. The van der Waals surface area contributed by atoms with Crippen LogP contribution in [0, 0.1) is 0 Å². The molecule has 1 aromatic rings. The highest BCUT2D eigenvalue weighted by Crippen LogP contribution is 2.52. The Bertz CT molecular complexity index is 296. The van der Waals surface area contributed by atoms with E-state index >= 15 is 0 Å². The van der Waals surface area contributed by atoms with Gasteiger partial charge in [-0.05, 0) is 38.5 Å². The first kappa shape index (κ1) is 13.9. The minimum atomic E-state index is -0.851. The maximum Gasteiger partial charge on any atom is 0.178 e. The van der Waals surface area contributed by atoms with E-state index in [1.165, 1.54) is 5.56 Å². The predicted octanol–water partition coefficient (Wildman–Crippen LogP) is 4.79. The van der Waals surface area contributed by atoms with Crippen LogP contribution in [0.25, 0.3) is 0 Å².